The Morgan fingerprint density at radius 3 is 1.06 bits per heavy atom. The molecule has 20 nitrogen and oxygen atoms in total. The minimum atomic E-state index is -1.96. The number of benzene rings is 4. The molecule has 0 saturated carbocycles. The summed E-state index contributed by atoms with van der Waals surface area (Å²) < 4.78 is 69.1. The maximum absolute atomic E-state index is 15.3. The van der Waals surface area contributed by atoms with E-state index < -0.39 is 132 Å². The molecule has 0 aliphatic carbocycles. The molecular formula is C79H114F2N4O16. The number of carbonyl (C=O) groups excluding carboxylic acids is 9. The van der Waals surface area contributed by atoms with E-state index in [2.05, 4.69) is 46.9 Å². The molecule has 1 unspecified atom stereocenters. The molecule has 0 radical (unpaired) electrons. The second kappa shape index (κ2) is 38.7. The Hall–Kier alpha value is -8.27. The van der Waals surface area contributed by atoms with Crippen LogP contribution in [0.2, 0.25) is 0 Å². The van der Waals surface area contributed by atoms with Gasteiger partial charge >= 0.3 is 41.9 Å². The van der Waals surface area contributed by atoms with Crippen molar-refractivity contribution in [1.29, 1.82) is 0 Å². The number of likely N-dealkylation sites (N-methyl/N-ethyl adjacent to an activating group) is 4. The number of halogens is 2. The van der Waals surface area contributed by atoms with Gasteiger partial charge in [0.1, 0.15) is 54.3 Å². The maximum atomic E-state index is 15.3. The lowest BCUT2D eigenvalue weighted by Gasteiger charge is -2.34. The van der Waals surface area contributed by atoms with Gasteiger partial charge in [-0.2, -0.15) is 0 Å². The zero-order valence-electron chi connectivity index (χ0n) is 64.0. The first-order valence-corrected chi connectivity index (χ1v) is 34.6. The molecule has 0 aliphatic heterocycles. The van der Waals surface area contributed by atoms with Crippen LogP contribution in [0.4, 0.5) is 13.6 Å². The van der Waals surface area contributed by atoms with Crippen molar-refractivity contribution in [2.75, 3.05) is 28.2 Å². The molecule has 0 aromatic heterocycles. The van der Waals surface area contributed by atoms with Crippen LogP contribution in [0.5, 0.6) is 0 Å². The average Bonchev–Trinajstić information content (AvgIpc) is 0.820. The van der Waals surface area contributed by atoms with E-state index in [9.17, 15) is 43.2 Å². The van der Waals surface area contributed by atoms with Crippen LogP contribution in [-0.2, 0) is 108 Å². The van der Waals surface area contributed by atoms with Crippen LogP contribution in [0.15, 0.2) is 109 Å². The number of rotatable bonds is 32. The van der Waals surface area contributed by atoms with Gasteiger partial charge < -0.3 is 48.3 Å². The summed E-state index contributed by atoms with van der Waals surface area (Å²) >= 11 is 0. The summed E-state index contributed by atoms with van der Waals surface area (Å²) in [6.07, 6.45) is -6.53. The summed E-state index contributed by atoms with van der Waals surface area (Å²) in [5, 5.41) is 2.95. The van der Waals surface area contributed by atoms with Gasteiger partial charge in [0, 0.05) is 46.8 Å². The van der Waals surface area contributed by atoms with Crippen LogP contribution in [0.25, 0.3) is 0 Å². The van der Waals surface area contributed by atoms with E-state index in [1.807, 2.05) is 88.4 Å². The molecule has 0 saturated heterocycles. The van der Waals surface area contributed by atoms with E-state index >= 15 is 8.78 Å². The van der Waals surface area contributed by atoms with Gasteiger partial charge in [-0.05, 0) is 138 Å². The van der Waals surface area contributed by atoms with Crippen LogP contribution in [0.1, 0.15) is 191 Å². The Bertz CT molecular complexity index is 3310. The number of hydrogen-bond acceptors (Lipinski definition) is 17. The van der Waals surface area contributed by atoms with Gasteiger partial charge in [0.15, 0.2) is 24.4 Å². The molecule has 4 aromatic rings. The van der Waals surface area contributed by atoms with Crippen molar-refractivity contribution < 1.29 is 85.1 Å². The lowest BCUT2D eigenvalue weighted by Crippen LogP contribution is -2.53. The van der Waals surface area contributed by atoms with Crippen molar-refractivity contribution in [2.45, 2.75) is 260 Å². The van der Waals surface area contributed by atoms with Gasteiger partial charge in [-0.25, -0.2) is 37.5 Å². The monoisotopic (exact) mass is 1410 g/mol. The van der Waals surface area contributed by atoms with Gasteiger partial charge in [-0.15, -0.1) is 0 Å². The molecule has 101 heavy (non-hydrogen) atoms. The summed E-state index contributed by atoms with van der Waals surface area (Å²) in [6.45, 7) is 33.0. The molecule has 22 heteroatoms. The fourth-order valence-electron chi connectivity index (χ4n) is 10.4. The van der Waals surface area contributed by atoms with Crippen molar-refractivity contribution >= 4 is 53.7 Å². The summed E-state index contributed by atoms with van der Waals surface area (Å²) in [6, 6.07) is 28.4. The number of carbonyl (C=O) groups is 9. The maximum Gasteiger partial charge on any atom is 0.410 e. The Kier molecular flexibility index (Phi) is 33.3. The zero-order valence-corrected chi connectivity index (χ0v) is 64.0. The Balaban J connectivity index is 0.000000530. The Morgan fingerprint density at radius 1 is 0.416 bits per heavy atom. The SMILES string of the molecule is CC(C)C[C@@H](C(=O)O[C@H](Cc1ccc(C(C)(C)C)cc1)C(=O)N(C)C(CC(C)(C)F)C(=O)O[C@H](C)C(=O)OCc1ccccc1)N(C)C(=O)OC(C)(C)C.CN[C@@H](CC(C)C)C(=O)O[C@H](Cc1ccc(C(C)(C)C)cc1)C(=O)N(C)[C@@H](CC(C)(C)F)C(=O)O[C@H](C)C(=O)OCc1ccccc1. The molecule has 4 rings (SSSR count). The van der Waals surface area contributed by atoms with E-state index in [-0.39, 0.29) is 55.1 Å². The lowest BCUT2D eigenvalue weighted by atomic mass is 9.86. The van der Waals surface area contributed by atoms with Gasteiger partial charge in [-0.3, -0.25) is 19.3 Å². The molecule has 8 atom stereocenters. The van der Waals surface area contributed by atoms with Gasteiger partial charge in [-0.1, -0.05) is 178 Å². The first-order chi connectivity index (χ1) is 46.6. The molecule has 0 aliphatic rings. The number of amides is 3. The van der Waals surface area contributed by atoms with Crippen LogP contribution in [0.3, 0.4) is 0 Å². The highest BCUT2D eigenvalue weighted by molar-refractivity contribution is 5.92. The quantitative estimate of drug-likeness (QED) is 0.0353. The summed E-state index contributed by atoms with van der Waals surface area (Å²) in [5.74, 6) is -6.49. The predicted octanol–water partition coefficient (Wildman–Crippen LogP) is 13.1. The smallest absolute Gasteiger partial charge is 0.410 e. The van der Waals surface area contributed by atoms with Crippen molar-refractivity contribution in [3.8, 4) is 0 Å². The van der Waals surface area contributed by atoms with Crippen LogP contribution in [-0.4, -0.2) is 162 Å². The number of esters is 6. The van der Waals surface area contributed by atoms with Crippen molar-refractivity contribution in [1.82, 2.24) is 20.0 Å². The fourth-order valence-corrected chi connectivity index (χ4v) is 10.4. The normalized spacial score (nSPS) is 14.4. The van der Waals surface area contributed by atoms with E-state index in [1.165, 1.54) is 62.7 Å². The minimum absolute atomic E-state index is 0.0188. The lowest BCUT2D eigenvalue weighted by molar-refractivity contribution is -0.175. The van der Waals surface area contributed by atoms with Gasteiger partial charge in [0.25, 0.3) is 11.8 Å². The summed E-state index contributed by atoms with van der Waals surface area (Å²) in [4.78, 5) is 124. The zero-order chi connectivity index (χ0) is 76.7. The summed E-state index contributed by atoms with van der Waals surface area (Å²) in [5.41, 5.74) is 0.106. The molecule has 560 valence electrons. The van der Waals surface area contributed by atoms with Gasteiger partial charge in [0.2, 0.25) is 0 Å². The highest BCUT2D eigenvalue weighted by atomic mass is 19.1. The van der Waals surface area contributed by atoms with Crippen molar-refractivity contribution in [2.24, 2.45) is 11.8 Å². The number of ether oxygens (including phenoxy) is 7. The van der Waals surface area contributed by atoms with E-state index in [1.54, 1.807) is 76.3 Å². The van der Waals surface area contributed by atoms with E-state index in [0.717, 1.165) is 42.5 Å². The van der Waals surface area contributed by atoms with Crippen molar-refractivity contribution in [3.63, 3.8) is 0 Å². The molecule has 0 bridgehead atoms. The number of nitrogens with one attached hydrogen (secondary N) is 1. The largest absolute Gasteiger partial charge is 0.458 e. The topological polar surface area (TPSA) is 240 Å². The molecule has 4 aromatic carbocycles. The highest BCUT2D eigenvalue weighted by Gasteiger charge is 2.43. The molecular weight excluding hydrogens is 1300 g/mol. The molecule has 1 N–H and O–H groups in total. The minimum Gasteiger partial charge on any atom is -0.458 e. The number of alkyl halides is 2. The third-order valence-corrected chi connectivity index (χ3v) is 16.2. The van der Waals surface area contributed by atoms with Crippen LogP contribution in [0, 0.1) is 11.8 Å². The van der Waals surface area contributed by atoms with Crippen LogP contribution < -0.4 is 5.32 Å². The van der Waals surface area contributed by atoms with E-state index in [0.29, 0.717) is 12.0 Å². The van der Waals surface area contributed by atoms with Gasteiger partial charge in [0.05, 0.1) is 0 Å². The first kappa shape index (κ1) is 86.9. The third kappa shape index (κ3) is 30.8. The Labute approximate surface area is 598 Å². The number of hydrogen-bond donors (Lipinski definition) is 1. The second-order valence-electron chi connectivity index (χ2n) is 31.0. The van der Waals surface area contributed by atoms with E-state index in [4.69, 9.17) is 33.2 Å². The standard InChI is InChI=1S/C42H61FN2O9.C37H53FN2O7/c1-27(2)23-32(45(13)39(50)54-41(7,8)9)37(48)53-34(24-29-19-21-31(22-20-29)40(4,5)6)35(46)44(12)33(25-42(10,11)43)38(49)52-28(3)36(47)51-26-30-17-15-14-16-18-30;1-24(2)20-29(39-9)34(43)47-31(21-26-16-18-28(19-17-26)36(4,5)6)32(41)40(10)30(22-37(7,8)38)35(44)46-25(3)33(42)45-23-27-14-12-11-13-15-27/h14-22,27-28,32-34H,23-26H2,1-13H3;11-19,24-25,29-31,39H,20-23H2,1-10H3/t28-,32+,33?,34-;25-,29+,30+,31-/m11/s1. The van der Waals surface area contributed by atoms with Crippen molar-refractivity contribution in [3.05, 3.63) is 143 Å². The molecule has 3 amide bonds. The second-order valence-corrected chi connectivity index (χ2v) is 31.0. The average molecular weight is 1410 g/mol. The Morgan fingerprint density at radius 2 is 0.752 bits per heavy atom. The molecule has 0 spiro atoms. The highest BCUT2D eigenvalue weighted by Crippen LogP contribution is 2.29. The molecule has 0 fully saturated rings. The van der Waals surface area contributed by atoms with Crippen LogP contribution >= 0.6 is 0 Å². The first-order valence-electron chi connectivity index (χ1n) is 34.6. The number of nitrogens with zero attached hydrogens (tertiary/aromatic N) is 3. The predicted molar refractivity (Wildman–Crippen MR) is 383 cm³/mol. The molecule has 0 heterocycles. The fraction of sp³-hybridized carbons (Fsp3) is 0.582. The summed E-state index contributed by atoms with van der Waals surface area (Å²) in [7, 11) is 5.70. The third-order valence-electron chi connectivity index (χ3n) is 16.2.